The van der Waals surface area contributed by atoms with Crippen molar-refractivity contribution in [2.75, 3.05) is 38.9 Å². The van der Waals surface area contributed by atoms with E-state index in [0.29, 0.717) is 5.56 Å². The van der Waals surface area contributed by atoms with Crippen LogP contribution < -0.4 is 10.9 Å². The highest BCUT2D eigenvalue weighted by Gasteiger charge is 2.55. The van der Waals surface area contributed by atoms with Gasteiger partial charge >= 0.3 is 15.0 Å². The van der Waals surface area contributed by atoms with E-state index in [4.69, 9.17) is 44.1 Å². The number of ether oxygens (including phenoxy) is 3. The van der Waals surface area contributed by atoms with Gasteiger partial charge in [-0.25, -0.2) is 24.3 Å². The van der Waals surface area contributed by atoms with Crippen LogP contribution in [-0.4, -0.2) is 107 Å². The molecule has 3 unspecified atom stereocenters. The molecule has 1 aromatic carbocycles. The van der Waals surface area contributed by atoms with Crippen molar-refractivity contribution in [2.24, 2.45) is 0 Å². The van der Waals surface area contributed by atoms with Gasteiger partial charge in [0.15, 0.2) is 40.8 Å². The minimum atomic E-state index is -3.99. The zero-order valence-electron chi connectivity index (χ0n) is 30.3. The lowest BCUT2D eigenvalue weighted by atomic mass is 9.99. The molecule has 21 nitrogen and oxygen atoms in total. The lowest BCUT2D eigenvalue weighted by Crippen LogP contribution is -2.48. The molecule has 0 spiro atoms. The Bertz CT molecular complexity index is 2450. The number of amides is 1. The quantitative estimate of drug-likeness (QED) is 0.0772. The van der Waals surface area contributed by atoms with Gasteiger partial charge in [0.1, 0.15) is 29.6 Å². The monoisotopic (exact) mass is 862 g/mol. The molecular formula is C33H35FN9O12P2S+. The number of hydrogen-bond acceptors (Lipinski definition) is 17. The summed E-state index contributed by atoms with van der Waals surface area (Å²) in [6.07, 6.45) is -0.517. The van der Waals surface area contributed by atoms with Crippen molar-refractivity contribution < 1.29 is 56.1 Å². The minimum absolute atomic E-state index is 0.0386. The summed E-state index contributed by atoms with van der Waals surface area (Å²) in [6, 6.07) is 10.4. The maximum Gasteiger partial charge on any atom is 0.695 e. The zero-order chi connectivity index (χ0) is 41.0. The molecule has 2 fully saturated rings. The fourth-order valence-corrected chi connectivity index (χ4v) is 9.31. The molecule has 1 amide bonds. The first-order chi connectivity index (χ1) is 28.0. The fourth-order valence-electron chi connectivity index (χ4n) is 6.69. The van der Waals surface area contributed by atoms with Crippen LogP contribution >= 0.6 is 15.0 Å². The number of nitriles is 1. The molecule has 0 saturated carbocycles. The van der Waals surface area contributed by atoms with Crippen LogP contribution in [0.25, 0.3) is 22.2 Å². The van der Waals surface area contributed by atoms with Crippen molar-refractivity contribution in [1.82, 2.24) is 34.1 Å². The number of anilines is 1. The Kier molecular flexibility index (Phi) is 12.7. The van der Waals surface area contributed by atoms with E-state index in [1.165, 1.54) is 28.9 Å². The molecule has 5 aromatic rings. The van der Waals surface area contributed by atoms with Crippen LogP contribution in [0.5, 0.6) is 0 Å². The summed E-state index contributed by atoms with van der Waals surface area (Å²) < 4.78 is 71.5. The second kappa shape index (κ2) is 17.8. The highest BCUT2D eigenvalue weighted by Crippen LogP contribution is 2.56. The average Bonchev–Trinajstić information content (AvgIpc) is 3.98. The molecule has 2 saturated heterocycles. The van der Waals surface area contributed by atoms with Gasteiger partial charge in [-0.15, -0.1) is 9.42 Å². The topological polar surface area (TPSA) is 269 Å². The summed E-state index contributed by atoms with van der Waals surface area (Å²) in [5.41, 5.74) is -1.84. The van der Waals surface area contributed by atoms with Crippen molar-refractivity contribution in [3.8, 4) is 6.07 Å². The van der Waals surface area contributed by atoms with Gasteiger partial charge in [-0.1, -0.05) is 18.2 Å². The Morgan fingerprint density at radius 3 is 2.76 bits per heavy atom. The van der Waals surface area contributed by atoms with Gasteiger partial charge in [0.25, 0.3) is 11.5 Å². The molecular weight excluding hydrogens is 827 g/mol. The first-order valence-electron chi connectivity index (χ1n) is 17.5. The third-order valence-electron chi connectivity index (χ3n) is 9.33. The number of halogens is 1. The van der Waals surface area contributed by atoms with E-state index in [2.05, 4.69) is 30.2 Å². The molecule has 0 bridgehead atoms. The SMILES string of the molecule is COC[C@@H]1C[C@@H](OP(=S)(OCCC#N)OC[C@@]2(CO)O[C@@H](n3cnc4c(NC(=O)c5ccccc5)ncnc43)CC2O[P+](=O)O)[C@H](n2cc(F)c3c(=O)[nH]cnc32)O1. The molecule has 306 valence electrons. The van der Waals surface area contributed by atoms with E-state index in [1.54, 1.807) is 30.3 Å². The summed E-state index contributed by atoms with van der Waals surface area (Å²) in [5, 5.41) is 22.5. The van der Waals surface area contributed by atoms with E-state index in [9.17, 15) is 29.4 Å². The molecule has 0 radical (unpaired) electrons. The van der Waals surface area contributed by atoms with Crippen LogP contribution in [0.4, 0.5) is 10.2 Å². The number of imidazole rings is 1. The number of aromatic nitrogens is 7. The maximum absolute atomic E-state index is 15.1. The van der Waals surface area contributed by atoms with E-state index in [1.807, 2.05) is 6.07 Å². The molecule has 6 heterocycles. The molecule has 2 aliphatic rings. The largest absolute Gasteiger partial charge is 0.695 e. The van der Waals surface area contributed by atoms with Crippen LogP contribution in [0.2, 0.25) is 0 Å². The molecule has 25 heteroatoms. The fraction of sp³-hybridized carbons (Fsp3) is 0.424. The highest BCUT2D eigenvalue weighted by atomic mass is 32.5. The Hall–Kier alpha value is -4.53. The number of methoxy groups -OCH3 is 1. The van der Waals surface area contributed by atoms with Crippen molar-refractivity contribution in [2.45, 2.75) is 55.6 Å². The van der Waals surface area contributed by atoms with Gasteiger partial charge in [-0.05, 0) is 23.9 Å². The summed E-state index contributed by atoms with van der Waals surface area (Å²) in [4.78, 5) is 54.6. The zero-order valence-corrected chi connectivity index (χ0v) is 32.9. The number of aliphatic hydroxyl groups is 1. The molecule has 58 heavy (non-hydrogen) atoms. The van der Waals surface area contributed by atoms with Gasteiger partial charge in [-0.2, -0.15) is 5.26 Å². The Balaban J connectivity index is 1.16. The predicted molar refractivity (Wildman–Crippen MR) is 201 cm³/mol. The van der Waals surface area contributed by atoms with Crippen molar-refractivity contribution in [3.05, 3.63) is 77.2 Å². The molecule has 4 N–H and O–H groups in total. The van der Waals surface area contributed by atoms with Crippen LogP contribution in [0, 0.1) is 17.1 Å². The third kappa shape index (κ3) is 8.60. The van der Waals surface area contributed by atoms with E-state index in [-0.39, 0.29) is 60.5 Å². The van der Waals surface area contributed by atoms with Gasteiger partial charge < -0.3 is 47.8 Å². The van der Waals surface area contributed by atoms with E-state index >= 15 is 4.39 Å². The minimum Gasteiger partial charge on any atom is -0.393 e. The number of nitrogens with zero attached hydrogens (tertiary/aromatic N) is 7. The van der Waals surface area contributed by atoms with Crippen molar-refractivity contribution >= 4 is 60.7 Å². The molecule has 7 rings (SSSR count). The molecule has 8 atom stereocenters. The second-order valence-corrected chi connectivity index (χ2v) is 16.6. The van der Waals surface area contributed by atoms with Crippen molar-refractivity contribution in [3.63, 3.8) is 0 Å². The van der Waals surface area contributed by atoms with Gasteiger partial charge in [-0.3, -0.25) is 14.2 Å². The summed E-state index contributed by atoms with van der Waals surface area (Å²) in [5.74, 6) is -1.20. The Morgan fingerprint density at radius 2 is 2.02 bits per heavy atom. The molecule has 0 aliphatic carbocycles. The number of aliphatic hydroxyl groups excluding tert-OH is 1. The summed E-state index contributed by atoms with van der Waals surface area (Å²) in [7, 11) is -1.78. The number of carbonyl (C=O) groups excluding carboxylic acids is 1. The van der Waals surface area contributed by atoms with E-state index < -0.39 is 81.8 Å². The lowest BCUT2D eigenvalue weighted by molar-refractivity contribution is -0.143. The Morgan fingerprint density at radius 1 is 1.21 bits per heavy atom. The number of aromatic amines is 1. The lowest BCUT2D eigenvalue weighted by Gasteiger charge is -2.33. The maximum atomic E-state index is 15.1. The first kappa shape index (κ1) is 41.6. The number of carbonyl (C=O) groups is 1. The smallest absolute Gasteiger partial charge is 0.393 e. The normalized spacial score (nSPS) is 24.5. The standard InChI is InChI=1S/C33H34FN9O12P2S/c1-49-13-20-10-22(32(52-20)42-12-21(34)25-28(42)37-17-39-31(25)46)55-57(58,50-9-5-8-35)51-15-33(14-44)23(54-56(47)48)11-24(53-33)43-18-40-26-27(36-16-38-29(26)43)41-30(45)19-6-3-2-4-7-19/h2-4,6-7,12,16-18,20,22-24,32,44H,5,9-11,13-15H2,1H3,(H2-,36,37,38,39,41,45,46,47,48)/p+1/t20-,22+,23?,24+,32+,33+,57?/m0/s1. The number of hydrogen-bond donors (Lipinski definition) is 4. The average molecular weight is 863 g/mol. The number of nitrogens with one attached hydrogen (secondary N) is 2. The van der Waals surface area contributed by atoms with Crippen molar-refractivity contribution in [1.29, 1.82) is 5.26 Å². The molecule has 4 aromatic heterocycles. The van der Waals surface area contributed by atoms with Gasteiger partial charge in [0, 0.05) is 36.3 Å². The van der Waals surface area contributed by atoms with E-state index in [0.717, 1.165) is 12.5 Å². The van der Waals surface area contributed by atoms with Crippen LogP contribution in [-0.2, 0) is 48.7 Å². The highest BCUT2D eigenvalue weighted by molar-refractivity contribution is 8.07. The third-order valence-corrected chi connectivity index (χ3v) is 12.1. The number of rotatable bonds is 17. The summed E-state index contributed by atoms with van der Waals surface area (Å²) >= 11 is 5.84. The second-order valence-electron chi connectivity index (χ2n) is 13.0. The molecule has 2 aliphatic heterocycles. The summed E-state index contributed by atoms with van der Waals surface area (Å²) in [6.45, 7) is -5.60. The van der Waals surface area contributed by atoms with Gasteiger partial charge in [0.05, 0.1) is 57.7 Å². The number of H-pyrrole nitrogens is 1. The van der Waals surface area contributed by atoms with Crippen LogP contribution in [0.1, 0.15) is 42.1 Å². The van der Waals surface area contributed by atoms with Gasteiger partial charge in [0.2, 0.25) is 0 Å². The number of benzene rings is 1. The predicted octanol–water partition coefficient (Wildman–Crippen LogP) is 3.13. The first-order valence-corrected chi connectivity index (χ1v) is 21.1. The van der Waals surface area contributed by atoms with Crippen LogP contribution in [0.3, 0.4) is 0 Å². The Labute approximate surface area is 333 Å². The number of fused-ring (bicyclic) bond motifs is 2. The van der Waals surface area contributed by atoms with Crippen LogP contribution in [0.15, 0.2) is 60.3 Å².